The van der Waals surface area contributed by atoms with Gasteiger partial charge >= 0.3 is 0 Å². The van der Waals surface area contributed by atoms with Gasteiger partial charge in [-0.05, 0) is 45.0 Å². The number of fused-ring (bicyclic) bond motifs is 1. The summed E-state index contributed by atoms with van der Waals surface area (Å²) in [5.74, 6) is -4.42. The maximum absolute atomic E-state index is 14.4. The van der Waals surface area contributed by atoms with Crippen LogP contribution in [0.2, 0.25) is 5.02 Å². The summed E-state index contributed by atoms with van der Waals surface area (Å²) in [7, 11) is 0. The van der Waals surface area contributed by atoms with Crippen LogP contribution in [0.15, 0.2) is 48.5 Å². The summed E-state index contributed by atoms with van der Waals surface area (Å²) in [5, 5.41) is 12.4. The third kappa shape index (κ3) is 5.98. The molecule has 0 radical (unpaired) electrons. The molecule has 1 amide bonds. The number of nitrogens with zero attached hydrogens (tertiary/aromatic N) is 3. The van der Waals surface area contributed by atoms with Crippen molar-refractivity contribution in [2.24, 2.45) is 0 Å². The van der Waals surface area contributed by atoms with Crippen molar-refractivity contribution in [2.45, 2.75) is 6.85 Å². The molecule has 3 rings (SSSR count). The monoisotopic (exact) mass is 487 g/mol. The van der Waals surface area contributed by atoms with E-state index in [0.717, 1.165) is 0 Å². The van der Waals surface area contributed by atoms with Gasteiger partial charge in [-0.1, -0.05) is 17.7 Å². The van der Waals surface area contributed by atoms with E-state index in [1.54, 1.807) is 6.07 Å². The van der Waals surface area contributed by atoms with Crippen LogP contribution in [0.3, 0.4) is 0 Å². The van der Waals surface area contributed by atoms with E-state index in [4.69, 9.17) is 43.8 Å². The van der Waals surface area contributed by atoms with Gasteiger partial charge in [0.05, 0.1) is 46.4 Å². The second-order valence-electron chi connectivity index (χ2n) is 5.70. The lowest BCUT2D eigenvalue weighted by Crippen LogP contribution is -2.13. The van der Waals surface area contributed by atoms with Crippen molar-refractivity contribution in [2.75, 3.05) is 37.6 Å². The van der Waals surface area contributed by atoms with Gasteiger partial charge in [-0.3, -0.25) is 9.78 Å². The molecular weight excluding hydrogens is 445 g/mol. The summed E-state index contributed by atoms with van der Waals surface area (Å²) >= 11 is 5.80. The van der Waals surface area contributed by atoms with Crippen LogP contribution in [0.5, 0.6) is 5.75 Å². The number of carbonyl (C=O) groups is 1. The van der Waals surface area contributed by atoms with Crippen LogP contribution < -0.4 is 15.4 Å². The van der Waals surface area contributed by atoms with Gasteiger partial charge in [0.1, 0.15) is 17.6 Å². The number of nitriles is 1. The number of nitrogens with one attached hydrogen (secondary N) is 2. The lowest BCUT2D eigenvalue weighted by molar-refractivity contribution is -0.111. The van der Waals surface area contributed by atoms with Crippen LogP contribution in [-0.2, 0) is 4.79 Å². The molecule has 0 aliphatic heterocycles. The number of aromatic nitrogens is 1. The Morgan fingerprint density at radius 3 is 3.09 bits per heavy atom. The first-order valence-electron chi connectivity index (χ1n) is 18.4. The summed E-state index contributed by atoms with van der Waals surface area (Å²) in [4.78, 5) is 16.3. The van der Waals surface area contributed by atoms with Crippen LogP contribution in [0.4, 0.5) is 21.5 Å². The normalized spacial score (nSPS) is 22.2. The molecule has 3 aromatic rings. The lowest BCUT2D eigenvalue weighted by atomic mass is 10.1. The molecule has 0 saturated heterocycles. The van der Waals surface area contributed by atoms with Crippen molar-refractivity contribution in [1.29, 1.82) is 5.26 Å². The Labute approximate surface area is 224 Å². The molecule has 1 aromatic heterocycles. The summed E-state index contributed by atoms with van der Waals surface area (Å²) in [6.45, 7) is -18.4. The van der Waals surface area contributed by atoms with E-state index in [-0.39, 0.29) is 6.08 Å². The maximum atomic E-state index is 14.4. The average Bonchev–Trinajstić information content (AvgIpc) is 2.98. The predicted octanol–water partition coefficient (Wildman–Crippen LogP) is 5.10. The van der Waals surface area contributed by atoms with E-state index in [2.05, 4.69) is 10.3 Å². The van der Waals surface area contributed by atoms with Crippen molar-refractivity contribution in [3.8, 4) is 11.8 Å². The molecule has 0 fully saturated rings. The fourth-order valence-corrected chi connectivity index (χ4v) is 2.47. The molecule has 9 heteroatoms. The molecule has 0 spiro atoms. The second kappa shape index (κ2) is 10.8. The summed E-state index contributed by atoms with van der Waals surface area (Å²) in [6.07, 6.45) is -0.952. The number of ether oxygens (including phenoxy) is 1. The minimum absolute atomic E-state index is 0.0139. The highest BCUT2D eigenvalue weighted by Crippen LogP contribution is 2.36. The lowest BCUT2D eigenvalue weighted by Gasteiger charge is -2.16. The van der Waals surface area contributed by atoms with Crippen LogP contribution in [0.1, 0.15) is 39.8 Å². The Kier molecular flexibility index (Phi) is 2.92. The highest BCUT2D eigenvalue weighted by Gasteiger charge is 2.15. The van der Waals surface area contributed by atoms with Crippen LogP contribution in [0.25, 0.3) is 10.9 Å². The largest absolute Gasteiger partial charge is 0.492 e. The number of pyridine rings is 1. The maximum Gasteiger partial charge on any atom is 0.248 e. The molecule has 0 aliphatic carbocycles. The van der Waals surface area contributed by atoms with Gasteiger partial charge in [-0.25, -0.2) is 4.39 Å². The number of hydrogen-bond donors (Lipinski definition) is 2. The second-order valence-corrected chi connectivity index (χ2v) is 6.07. The quantitative estimate of drug-likeness (QED) is 0.430. The van der Waals surface area contributed by atoms with Crippen molar-refractivity contribution in [3.05, 3.63) is 64.9 Å². The molecule has 0 atom stereocenters. The third-order valence-electron chi connectivity index (χ3n) is 3.59. The summed E-state index contributed by atoms with van der Waals surface area (Å²) in [6, 6.07) is -5.45. The molecule has 7 nitrogen and oxygen atoms in total. The Hall–Kier alpha value is -3.67. The Balaban J connectivity index is 2.45. The van der Waals surface area contributed by atoms with Gasteiger partial charge in [0, 0.05) is 50.9 Å². The molecule has 0 aliphatic rings. The van der Waals surface area contributed by atoms with Gasteiger partial charge in [0.25, 0.3) is 0 Å². The number of benzene rings is 2. The molecule has 0 bridgehead atoms. The van der Waals surface area contributed by atoms with Crippen LogP contribution in [-0.4, -0.2) is 42.8 Å². The topological polar surface area (TPSA) is 90.3 Å². The van der Waals surface area contributed by atoms with Gasteiger partial charge in [-0.2, -0.15) is 5.26 Å². The van der Waals surface area contributed by atoms with Gasteiger partial charge in [0.2, 0.25) is 5.91 Å². The van der Waals surface area contributed by atoms with Crippen molar-refractivity contribution in [1.82, 2.24) is 9.88 Å². The average molecular weight is 488 g/mol. The number of rotatable bonds is 8. The van der Waals surface area contributed by atoms with E-state index in [1.165, 1.54) is 0 Å². The Morgan fingerprint density at radius 1 is 1.48 bits per heavy atom. The first-order chi connectivity index (χ1) is 23.8. The fraction of sp³-hybridized carbons (Fsp3) is 0.208. The van der Waals surface area contributed by atoms with Crippen LogP contribution >= 0.6 is 11.6 Å². The number of hydrogen-bond acceptors (Lipinski definition) is 6. The van der Waals surface area contributed by atoms with Gasteiger partial charge < -0.3 is 20.3 Å². The van der Waals surface area contributed by atoms with E-state index in [1.807, 2.05) is 5.32 Å². The smallest absolute Gasteiger partial charge is 0.248 e. The molecule has 1 heterocycles. The van der Waals surface area contributed by atoms with E-state index in [0.29, 0.717) is 0 Å². The zero-order valence-corrected chi connectivity index (χ0v) is 16.7. The molecule has 0 saturated carbocycles. The first-order valence-corrected chi connectivity index (χ1v) is 8.79. The standard InChI is InChI=1S/C24H23ClFN5O2/c1-4-33-22-12-20-17(11-21(22)30-23(32)6-5-9-31(2)3)24(15(13-27)14-28-20)29-16-7-8-19(26)18(25)10-16/h5-8,10-12,14H,4,9H2,1-3H3,(H,28,29)(H,30,32)/b6-5+/i1D3,2D3,3D3,4D2,5D,7D,8D,9D2,10D,11D,12D,14D. The zero-order valence-electron chi connectivity index (χ0n) is 36.0. The molecule has 170 valence electrons. The Morgan fingerprint density at radius 2 is 2.33 bits per heavy atom. The minimum Gasteiger partial charge on any atom is -0.492 e. The number of anilines is 3. The van der Waals surface area contributed by atoms with E-state index >= 15 is 0 Å². The fourth-order valence-electron chi connectivity index (χ4n) is 2.33. The number of amides is 1. The molecular formula is C24H23ClFN5O2. The summed E-state index contributed by atoms with van der Waals surface area (Å²) in [5.41, 5.74) is -4.26. The van der Waals surface area contributed by atoms with Gasteiger partial charge in [0.15, 0.2) is 0 Å². The van der Waals surface area contributed by atoms with Gasteiger partial charge in [-0.15, -0.1) is 0 Å². The predicted molar refractivity (Wildman–Crippen MR) is 129 cm³/mol. The van der Waals surface area contributed by atoms with E-state index in [9.17, 15) is 14.4 Å². The molecule has 2 aromatic carbocycles. The highest BCUT2D eigenvalue weighted by atomic mass is 35.5. The first kappa shape index (κ1) is 8.93. The zero-order chi connectivity index (χ0) is 41.1. The molecule has 33 heavy (non-hydrogen) atoms. The van der Waals surface area contributed by atoms with Crippen molar-refractivity contribution in [3.63, 3.8) is 0 Å². The Bertz CT molecular complexity index is 2030. The summed E-state index contributed by atoms with van der Waals surface area (Å²) < 4.78 is 177. The van der Waals surface area contributed by atoms with E-state index < -0.39 is 137 Å². The molecule has 0 unspecified atom stereocenters. The third-order valence-corrected chi connectivity index (χ3v) is 3.85. The molecule has 2 N–H and O–H groups in total. The number of halogens is 2. The van der Waals surface area contributed by atoms with Crippen LogP contribution in [0, 0.1) is 17.1 Å². The number of carbonyl (C=O) groups excluding carboxylic acids is 1. The van der Waals surface area contributed by atoms with Crippen molar-refractivity contribution < 1.29 is 41.3 Å². The minimum atomic E-state index is -3.72. The SMILES string of the molecule is [2H]/C(=C\C(=O)Nc1c(OC([2H])([2H])C([2H])([2H])[2H])c([2H])c2nc([2H])c(C#N)c(Nc3c([2H])c([2H])c(F)c(Cl)c3[2H])c2c1[2H])C([2H])([2H])N(C([2H])([2H])[2H])C([2H])([2H])[2H]. The van der Waals surface area contributed by atoms with Crippen molar-refractivity contribution >= 4 is 45.5 Å². The number of likely N-dealkylation sites (N-methyl/N-ethyl adjacent to an activating group) is 1. The highest BCUT2D eigenvalue weighted by molar-refractivity contribution is 6.31.